The number of ether oxygens (including phenoxy) is 2. The van der Waals surface area contributed by atoms with Crippen LogP contribution in [0.4, 0.5) is 10.1 Å². The molecule has 0 atom stereocenters. The molecule has 26 heavy (non-hydrogen) atoms. The van der Waals surface area contributed by atoms with E-state index in [1.54, 1.807) is 12.4 Å². The highest BCUT2D eigenvalue weighted by atomic mass is 35.5. The molecule has 0 amide bonds. The number of hydrogen-bond acceptors (Lipinski definition) is 5. The Morgan fingerprint density at radius 2 is 1.96 bits per heavy atom. The van der Waals surface area contributed by atoms with Gasteiger partial charge in [0, 0.05) is 38.2 Å². The molecule has 1 aliphatic rings. The van der Waals surface area contributed by atoms with Crippen LogP contribution in [0.5, 0.6) is 5.75 Å². The first kappa shape index (κ1) is 18.7. The van der Waals surface area contributed by atoms with Crippen molar-refractivity contribution >= 4 is 34.9 Å². The molecule has 0 N–H and O–H groups in total. The van der Waals surface area contributed by atoms with Crippen LogP contribution in [0.1, 0.15) is 23.2 Å². The van der Waals surface area contributed by atoms with Gasteiger partial charge in [-0.25, -0.2) is 9.18 Å². The molecule has 1 aromatic heterocycles. The number of pyridine rings is 1. The van der Waals surface area contributed by atoms with Gasteiger partial charge in [-0.1, -0.05) is 23.2 Å². The van der Waals surface area contributed by atoms with Gasteiger partial charge in [0.2, 0.25) is 0 Å². The van der Waals surface area contributed by atoms with E-state index in [4.69, 9.17) is 27.9 Å². The van der Waals surface area contributed by atoms with Crippen LogP contribution in [-0.2, 0) is 4.74 Å². The summed E-state index contributed by atoms with van der Waals surface area (Å²) in [5.41, 5.74) is 0.746. The summed E-state index contributed by atoms with van der Waals surface area (Å²) < 4.78 is 24.5. The van der Waals surface area contributed by atoms with Crippen LogP contribution < -0.4 is 9.64 Å². The summed E-state index contributed by atoms with van der Waals surface area (Å²) in [5, 5.41) is 0.766. The highest BCUT2D eigenvalue weighted by Crippen LogP contribution is 2.31. The normalized spacial score (nSPS) is 15.0. The Morgan fingerprint density at radius 3 is 2.62 bits per heavy atom. The quantitative estimate of drug-likeness (QED) is 0.715. The molecule has 138 valence electrons. The lowest BCUT2D eigenvalue weighted by Gasteiger charge is -2.33. The number of methoxy groups -OCH3 is 1. The number of carbonyl (C=O) groups excluding carboxylic acids is 1. The molecule has 2 aromatic rings. The van der Waals surface area contributed by atoms with Crippen LogP contribution >= 0.6 is 23.2 Å². The number of carbonyl (C=O) groups is 1. The molecule has 0 unspecified atom stereocenters. The molecule has 0 aliphatic carbocycles. The number of esters is 1. The fraction of sp³-hybridized carbons (Fsp3) is 0.333. The van der Waals surface area contributed by atoms with E-state index in [0.717, 1.165) is 37.7 Å². The first-order valence-electron chi connectivity index (χ1n) is 8.07. The summed E-state index contributed by atoms with van der Waals surface area (Å²) in [6.07, 6.45) is 4.74. The number of benzene rings is 1. The van der Waals surface area contributed by atoms with Gasteiger partial charge in [0.1, 0.15) is 17.7 Å². The van der Waals surface area contributed by atoms with Crippen LogP contribution in [0, 0.1) is 5.82 Å². The Hall–Kier alpha value is -2.05. The molecular formula is C18H17Cl2FN2O3. The lowest BCUT2D eigenvalue weighted by molar-refractivity contribution is 0.0595. The second kappa shape index (κ2) is 8.10. The maximum Gasteiger partial charge on any atom is 0.340 e. The van der Waals surface area contributed by atoms with Crippen LogP contribution in [0.3, 0.4) is 0 Å². The molecule has 3 rings (SSSR count). The number of halogens is 3. The van der Waals surface area contributed by atoms with Gasteiger partial charge in [-0.05, 0) is 12.1 Å². The topological polar surface area (TPSA) is 51.7 Å². The number of piperidine rings is 1. The number of rotatable bonds is 4. The second-order valence-electron chi connectivity index (χ2n) is 5.92. The van der Waals surface area contributed by atoms with Crippen molar-refractivity contribution in [2.24, 2.45) is 0 Å². The molecule has 0 saturated carbocycles. The summed E-state index contributed by atoms with van der Waals surface area (Å²) in [5.74, 6) is -1.28. The van der Waals surface area contributed by atoms with Crippen molar-refractivity contribution in [2.75, 3.05) is 25.1 Å². The van der Waals surface area contributed by atoms with E-state index in [1.807, 2.05) is 6.07 Å². The molecule has 1 aromatic carbocycles. The maximum atomic E-state index is 14.1. The Bertz CT molecular complexity index is 811. The summed E-state index contributed by atoms with van der Waals surface area (Å²) in [7, 11) is 1.18. The van der Waals surface area contributed by atoms with Crippen molar-refractivity contribution < 1.29 is 18.7 Å². The molecule has 0 spiro atoms. The largest absolute Gasteiger partial charge is 0.489 e. The van der Waals surface area contributed by atoms with Gasteiger partial charge >= 0.3 is 5.97 Å². The average molecular weight is 399 g/mol. The van der Waals surface area contributed by atoms with E-state index in [1.165, 1.54) is 13.2 Å². The number of anilines is 1. The summed E-state index contributed by atoms with van der Waals surface area (Å²) >= 11 is 12.1. The molecule has 1 saturated heterocycles. The molecule has 2 heterocycles. The lowest BCUT2D eigenvalue weighted by atomic mass is 10.1. The fourth-order valence-corrected chi connectivity index (χ4v) is 3.25. The van der Waals surface area contributed by atoms with Crippen molar-refractivity contribution in [3.8, 4) is 5.75 Å². The van der Waals surface area contributed by atoms with Crippen molar-refractivity contribution in [2.45, 2.75) is 18.9 Å². The Labute approximate surface area is 160 Å². The molecule has 0 radical (unpaired) electrons. The standard InChI is InChI=1S/C18H17Cl2FN2O3/c1-25-18(24)14-7-15(20)17(8-16(14)21)26-13-2-4-23(5-3-13)12-6-11(19)9-22-10-12/h6-10,13H,2-5H2,1H3. The van der Waals surface area contributed by atoms with E-state index in [9.17, 15) is 9.18 Å². The molecule has 1 aliphatic heterocycles. The Morgan fingerprint density at radius 1 is 1.23 bits per heavy atom. The predicted molar refractivity (Wildman–Crippen MR) is 97.9 cm³/mol. The van der Waals surface area contributed by atoms with Crippen molar-refractivity contribution in [1.29, 1.82) is 0 Å². The van der Waals surface area contributed by atoms with Crippen LogP contribution in [0.15, 0.2) is 30.6 Å². The zero-order valence-corrected chi connectivity index (χ0v) is 15.6. The smallest absolute Gasteiger partial charge is 0.340 e. The number of hydrogen-bond donors (Lipinski definition) is 0. The zero-order chi connectivity index (χ0) is 18.7. The minimum absolute atomic E-state index is 0.0979. The van der Waals surface area contributed by atoms with Crippen molar-refractivity contribution in [1.82, 2.24) is 4.98 Å². The van der Waals surface area contributed by atoms with Gasteiger partial charge in [-0.2, -0.15) is 0 Å². The number of nitrogens with zero attached hydrogens (tertiary/aromatic N) is 2. The summed E-state index contributed by atoms with van der Waals surface area (Å²) in [6, 6.07) is 4.22. The molecule has 8 heteroatoms. The zero-order valence-electron chi connectivity index (χ0n) is 14.0. The van der Waals surface area contributed by atoms with Gasteiger partial charge in [-0.15, -0.1) is 0 Å². The van der Waals surface area contributed by atoms with Gasteiger partial charge in [0.15, 0.2) is 0 Å². The average Bonchev–Trinajstić information content (AvgIpc) is 2.64. The lowest BCUT2D eigenvalue weighted by Crippen LogP contribution is -2.38. The van der Waals surface area contributed by atoms with Gasteiger partial charge in [0.25, 0.3) is 0 Å². The Kier molecular flexibility index (Phi) is 5.84. The summed E-state index contributed by atoms with van der Waals surface area (Å²) in [4.78, 5) is 17.8. The van der Waals surface area contributed by atoms with E-state index >= 15 is 0 Å². The third-order valence-electron chi connectivity index (χ3n) is 4.22. The third-order valence-corrected chi connectivity index (χ3v) is 4.72. The SMILES string of the molecule is COC(=O)c1cc(Cl)c(OC2CCN(c3cncc(Cl)c3)CC2)cc1F. The molecule has 1 fully saturated rings. The van der Waals surface area contributed by atoms with Crippen molar-refractivity contribution in [3.05, 3.63) is 52.0 Å². The monoisotopic (exact) mass is 398 g/mol. The Balaban J connectivity index is 1.64. The van der Waals surface area contributed by atoms with E-state index in [0.29, 0.717) is 5.02 Å². The van der Waals surface area contributed by atoms with Crippen molar-refractivity contribution in [3.63, 3.8) is 0 Å². The minimum atomic E-state index is -0.778. The first-order valence-corrected chi connectivity index (χ1v) is 8.83. The van der Waals surface area contributed by atoms with Crippen LogP contribution in [0.2, 0.25) is 10.0 Å². The fourth-order valence-electron chi connectivity index (χ4n) is 2.87. The summed E-state index contributed by atoms with van der Waals surface area (Å²) in [6.45, 7) is 1.51. The van der Waals surface area contributed by atoms with Gasteiger partial charge < -0.3 is 14.4 Å². The number of aromatic nitrogens is 1. The highest BCUT2D eigenvalue weighted by molar-refractivity contribution is 6.32. The van der Waals surface area contributed by atoms with Crippen LogP contribution in [-0.4, -0.2) is 37.3 Å². The molecular weight excluding hydrogens is 382 g/mol. The van der Waals surface area contributed by atoms with Crippen LogP contribution in [0.25, 0.3) is 0 Å². The molecule has 5 nitrogen and oxygen atoms in total. The minimum Gasteiger partial charge on any atom is -0.489 e. The van der Waals surface area contributed by atoms with E-state index < -0.39 is 11.8 Å². The maximum absolute atomic E-state index is 14.1. The first-order chi connectivity index (χ1) is 12.5. The second-order valence-corrected chi connectivity index (χ2v) is 6.76. The predicted octanol–water partition coefficient (Wildman–Crippen LogP) is 4.36. The molecule has 0 bridgehead atoms. The van der Waals surface area contributed by atoms with E-state index in [-0.39, 0.29) is 22.4 Å². The van der Waals surface area contributed by atoms with Gasteiger partial charge in [-0.3, -0.25) is 4.98 Å². The van der Waals surface area contributed by atoms with Gasteiger partial charge in [0.05, 0.1) is 34.6 Å². The highest BCUT2D eigenvalue weighted by Gasteiger charge is 2.23. The van der Waals surface area contributed by atoms with E-state index in [2.05, 4.69) is 14.6 Å². The third kappa shape index (κ3) is 4.19.